The van der Waals surface area contributed by atoms with Crippen LogP contribution in [0.1, 0.15) is 11.1 Å². The third kappa shape index (κ3) is 4.39. The van der Waals surface area contributed by atoms with Gasteiger partial charge in [-0.3, -0.25) is 0 Å². The molecule has 5 nitrogen and oxygen atoms in total. The van der Waals surface area contributed by atoms with Crippen molar-refractivity contribution in [1.29, 1.82) is 10.5 Å². The fraction of sp³-hybridized carbons (Fsp3) is 0. The Morgan fingerprint density at radius 2 is 0.873 bits per heavy atom. The second-order valence-electron chi connectivity index (χ2n) is 14.0. The Kier molecular flexibility index (Phi) is 6.61. The van der Waals surface area contributed by atoms with Crippen LogP contribution in [0.25, 0.3) is 93.6 Å². The van der Waals surface area contributed by atoms with E-state index >= 15 is 0 Å². The van der Waals surface area contributed by atoms with Crippen LogP contribution in [-0.2, 0) is 0 Å². The highest BCUT2D eigenvalue weighted by molar-refractivity contribution is 6.15. The van der Waals surface area contributed by atoms with Crippen LogP contribution in [0.2, 0.25) is 0 Å². The van der Waals surface area contributed by atoms with Gasteiger partial charge in [0.25, 0.3) is 0 Å². The van der Waals surface area contributed by atoms with Crippen molar-refractivity contribution in [2.75, 3.05) is 0 Å². The summed E-state index contributed by atoms with van der Waals surface area (Å²) in [4.78, 5) is 0. The number of aromatic nitrogens is 3. The lowest BCUT2D eigenvalue weighted by molar-refractivity contribution is 1.13. The van der Waals surface area contributed by atoms with Crippen LogP contribution in [0.5, 0.6) is 0 Å². The van der Waals surface area contributed by atoms with Crippen molar-refractivity contribution < 1.29 is 0 Å². The number of fused-ring (bicyclic) bond motifs is 9. The normalized spacial score (nSPS) is 11.6. The van der Waals surface area contributed by atoms with Gasteiger partial charge < -0.3 is 13.7 Å². The fourth-order valence-corrected chi connectivity index (χ4v) is 8.81. The standard InChI is InChI=1S/C50H29N5/c51-30-32-23-28-36(48(29-32)55-46-21-8-4-14-39(46)41-16-9-11-34(31-52)49(41)55)33-24-26-35(27-25-33)53-43-18-5-3-15-40(43)42-17-10-22-47(50(42)53)54-44-19-6-1-12-37(44)38-13-2-7-20-45(38)54/h1-29H. The minimum absolute atomic E-state index is 0.554. The highest BCUT2D eigenvalue weighted by Gasteiger charge is 2.21. The molecule has 0 aliphatic carbocycles. The van der Waals surface area contributed by atoms with Crippen LogP contribution in [-0.4, -0.2) is 13.7 Å². The molecule has 8 aromatic carbocycles. The molecule has 0 spiro atoms. The average Bonchev–Trinajstić information content (AvgIpc) is 3.90. The van der Waals surface area contributed by atoms with E-state index in [-0.39, 0.29) is 0 Å². The lowest BCUT2D eigenvalue weighted by Crippen LogP contribution is -2.01. The number of nitriles is 2. The molecule has 0 unspecified atom stereocenters. The molecule has 55 heavy (non-hydrogen) atoms. The van der Waals surface area contributed by atoms with Crippen LogP contribution in [0, 0.1) is 22.7 Å². The first-order valence-corrected chi connectivity index (χ1v) is 18.3. The summed E-state index contributed by atoms with van der Waals surface area (Å²) in [5, 5.41) is 27.2. The van der Waals surface area contributed by atoms with Crippen molar-refractivity contribution >= 4 is 65.4 Å². The quantitative estimate of drug-likeness (QED) is 0.184. The zero-order chi connectivity index (χ0) is 36.6. The van der Waals surface area contributed by atoms with Gasteiger partial charge in [-0.05, 0) is 66.2 Å². The van der Waals surface area contributed by atoms with Crippen LogP contribution in [0.4, 0.5) is 0 Å². The Hall–Kier alpha value is -7.86. The van der Waals surface area contributed by atoms with Gasteiger partial charge in [-0.2, -0.15) is 10.5 Å². The van der Waals surface area contributed by atoms with Crippen molar-refractivity contribution in [3.8, 4) is 40.3 Å². The van der Waals surface area contributed by atoms with E-state index in [4.69, 9.17) is 0 Å². The second-order valence-corrected chi connectivity index (χ2v) is 14.0. The summed E-state index contributed by atoms with van der Waals surface area (Å²) in [5.74, 6) is 0. The summed E-state index contributed by atoms with van der Waals surface area (Å²) in [6.45, 7) is 0. The summed E-state index contributed by atoms with van der Waals surface area (Å²) in [7, 11) is 0. The molecule has 0 saturated carbocycles. The van der Waals surface area contributed by atoms with E-state index in [2.05, 4.69) is 159 Å². The van der Waals surface area contributed by atoms with Gasteiger partial charge in [0, 0.05) is 43.6 Å². The molecule has 254 valence electrons. The molecule has 0 radical (unpaired) electrons. The molecule has 0 atom stereocenters. The van der Waals surface area contributed by atoms with E-state index in [1.165, 1.54) is 32.6 Å². The lowest BCUT2D eigenvalue weighted by atomic mass is 10.0. The van der Waals surface area contributed by atoms with Gasteiger partial charge >= 0.3 is 0 Å². The molecule has 0 aliphatic heterocycles. The third-order valence-electron chi connectivity index (χ3n) is 11.1. The predicted octanol–water partition coefficient (Wildman–Crippen LogP) is 12.4. The summed E-state index contributed by atoms with van der Waals surface area (Å²) < 4.78 is 6.94. The van der Waals surface area contributed by atoms with Crippen LogP contribution >= 0.6 is 0 Å². The molecule has 3 aromatic heterocycles. The average molecular weight is 700 g/mol. The van der Waals surface area contributed by atoms with Crippen LogP contribution < -0.4 is 0 Å². The molecular weight excluding hydrogens is 671 g/mol. The van der Waals surface area contributed by atoms with Gasteiger partial charge in [-0.25, -0.2) is 0 Å². The Morgan fingerprint density at radius 3 is 1.47 bits per heavy atom. The summed E-state index contributed by atoms with van der Waals surface area (Å²) in [6, 6.07) is 66.0. The van der Waals surface area contributed by atoms with Gasteiger partial charge in [-0.1, -0.05) is 115 Å². The number of rotatable bonds is 4. The first-order valence-electron chi connectivity index (χ1n) is 18.3. The SMILES string of the molecule is N#Cc1ccc(-c2ccc(-n3c4ccccc4c4cccc(-n5c6ccccc6c6ccccc65)c43)cc2)c(-n2c3ccccc3c3cccc(C#N)c32)c1. The van der Waals surface area contributed by atoms with Crippen molar-refractivity contribution in [2.45, 2.75) is 0 Å². The zero-order valence-corrected chi connectivity index (χ0v) is 29.5. The Bertz CT molecular complexity index is 3400. The third-order valence-corrected chi connectivity index (χ3v) is 11.1. The van der Waals surface area contributed by atoms with Crippen LogP contribution in [0.15, 0.2) is 176 Å². The molecule has 3 heterocycles. The maximum absolute atomic E-state index is 10.3. The number of benzene rings is 8. The monoisotopic (exact) mass is 699 g/mol. The van der Waals surface area contributed by atoms with Crippen molar-refractivity contribution in [2.24, 2.45) is 0 Å². The van der Waals surface area contributed by atoms with E-state index in [1.807, 2.05) is 42.5 Å². The second kappa shape index (κ2) is 11.8. The molecule has 11 aromatic rings. The van der Waals surface area contributed by atoms with Crippen molar-refractivity contribution in [1.82, 2.24) is 13.7 Å². The highest BCUT2D eigenvalue weighted by Crippen LogP contribution is 2.41. The largest absolute Gasteiger partial charge is 0.307 e. The van der Waals surface area contributed by atoms with Crippen molar-refractivity contribution in [3.05, 3.63) is 187 Å². The summed E-state index contributed by atoms with van der Waals surface area (Å²) in [6.07, 6.45) is 0. The van der Waals surface area contributed by atoms with Gasteiger partial charge in [0.1, 0.15) is 6.07 Å². The minimum atomic E-state index is 0.554. The minimum Gasteiger partial charge on any atom is -0.307 e. The molecule has 0 saturated heterocycles. The number of hydrogen-bond acceptors (Lipinski definition) is 2. The van der Waals surface area contributed by atoms with Gasteiger partial charge in [0.05, 0.1) is 61.7 Å². The molecule has 0 aliphatic rings. The molecule has 11 rings (SSSR count). The first kappa shape index (κ1) is 30.7. The number of nitrogens with zero attached hydrogens (tertiary/aromatic N) is 5. The predicted molar refractivity (Wildman–Crippen MR) is 224 cm³/mol. The van der Waals surface area contributed by atoms with Gasteiger partial charge in [-0.15, -0.1) is 0 Å². The van der Waals surface area contributed by atoms with Crippen molar-refractivity contribution in [3.63, 3.8) is 0 Å². The maximum atomic E-state index is 10.3. The summed E-state index contributed by atoms with van der Waals surface area (Å²) >= 11 is 0. The zero-order valence-electron chi connectivity index (χ0n) is 29.5. The van der Waals surface area contributed by atoms with E-state index < -0.39 is 0 Å². The first-order chi connectivity index (χ1) is 27.2. The number of para-hydroxylation sites is 6. The van der Waals surface area contributed by atoms with E-state index in [9.17, 15) is 10.5 Å². The topological polar surface area (TPSA) is 62.4 Å². The molecule has 0 N–H and O–H groups in total. The van der Waals surface area contributed by atoms with E-state index in [0.29, 0.717) is 11.1 Å². The summed E-state index contributed by atoms with van der Waals surface area (Å²) in [5.41, 5.74) is 12.5. The maximum Gasteiger partial charge on any atom is 0.101 e. The smallest absolute Gasteiger partial charge is 0.101 e. The molecule has 0 amide bonds. The lowest BCUT2D eigenvalue weighted by Gasteiger charge is -2.17. The molecule has 0 bridgehead atoms. The van der Waals surface area contributed by atoms with Gasteiger partial charge in [0.2, 0.25) is 0 Å². The van der Waals surface area contributed by atoms with Gasteiger partial charge in [0.15, 0.2) is 0 Å². The Morgan fingerprint density at radius 1 is 0.364 bits per heavy atom. The Balaban J connectivity index is 1.15. The fourth-order valence-electron chi connectivity index (χ4n) is 8.81. The molecule has 5 heteroatoms. The van der Waals surface area contributed by atoms with E-state index in [0.717, 1.165) is 61.0 Å². The highest BCUT2D eigenvalue weighted by atomic mass is 15.1. The van der Waals surface area contributed by atoms with Crippen LogP contribution in [0.3, 0.4) is 0 Å². The Labute approximate surface area is 316 Å². The molecular formula is C50H29N5. The van der Waals surface area contributed by atoms with E-state index in [1.54, 1.807) is 0 Å². The number of hydrogen-bond donors (Lipinski definition) is 0. The molecule has 0 fully saturated rings.